The predicted molar refractivity (Wildman–Crippen MR) is 289 cm³/mol. The fourth-order valence-corrected chi connectivity index (χ4v) is 9.35. The molecule has 0 aliphatic rings. The van der Waals surface area contributed by atoms with Gasteiger partial charge in [-0.05, 0) is 37.0 Å². The monoisotopic (exact) mass is 947 g/mol. The lowest BCUT2D eigenvalue weighted by Gasteiger charge is -2.18. The Hall–Kier alpha value is -1.59. The van der Waals surface area contributed by atoms with Crippen LogP contribution in [0.2, 0.25) is 0 Å². The van der Waals surface area contributed by atoms with Gasteiger partial charge in [-0.1, -0.05) is 298 Å². The summed E-state index contributed by atoms with van der Waals surface area (Å²) in [4.78, 5) is 38.2. The van der Waals surface area contributed by atoms with Crippen LogP contribution in [-0.4, -0.2) is 37.2 Å². The van der Waals surface area contributed by atoms with Crippen molar-refractivity contribution in [3.05, 3.63) is 0 Å². The second-order valence-corrected chi connectivity index (χ2v) is 22.4. The van der Waals surface area contributed by atoms with Crippen LogP contribution in [0.5, 0.6) is 0 Å². The summed E-state index contributed by atoms with van der Waals surface area (Å²) in [5.74, 6) is 1.68. The summed E-state index contributed by atoms with van der Waals surface area (Å²) < 4.78 is 16.9. The minimum absolute atomic E-state index is 0.0631. The molecule has 0 saturated carbocycles. The van der Waals surface area contributed by atoms with E-state index in [4.69, 9.17) is 14.2 Å². The molecule has 6 heteroatoms. The molecule has 0 fully saturated rings. The van der Waals surface area contributed by atoms with Crippen LogP contribution < -0.4 is 0 Å². The molecule has 0 amide bonds. The van der Waals surface area contributed by atoms with Gasteiger partial charge >= 0.3 is 17.9 Å². The molecule has 0 heterocycles. The largest absolute Gasteiger partial charge is 0.462 e. The van der Waals surface area contributed by atoms with Gasteiger partial charge in [-0.15, -0.1) is 0 Å². The van der Waals surface area contributed by atoms with Gasteiger partial charge in [0.05, 0.1) is 0 Å². The molecular weight excluding hydrogens is 829 g/mol. The minimum atomic E-state index is -0.764. The number of unbranched alkanes of at least 4 members (excludes halogenated alkanes) is 37. The van der Waals surface area contributed by atoms with E-state index < -0.39 is 6.10 Å². The standard InChI is InChI=1S/C61H118O6/c1-55(2)47-41-35-29-23-17-11-8-7-9-13-22-28-34-40-46-52-61(64)67-58(54-66-60(63)51-45-39-33-27-21-16-15-19-25-31-37-43-49-57(5)6)53-65-59(62)50-44-38-32-26-20-14-10-12-18-24-30-36-42-48-56(3)4/h55-58H,7-54H2,1-6H3/t58-/m0/s1. The van der Waals surface area contributed by atoms with E-state index in [1.165, 1.54) is 218 Å². The smallest absolute Gasteiger partial charge is 0.306 e. The first-order valence-electron chi connectivity index (χ1n) is 30.1. The Morgan fingerprint density at radius 2 is 0.433 bits per heavy atom. The quantitative estimate of drug-likeness (QED) is 0.0343. The highest BCUT2D eigenvalue weighted by molar-refractivity contribution is 5.71. The summed E-state index contributed by atoms with van der Waals surface area (Å²) in [6.07, 6.45) is 55.2. The fraction of sp³-hybridized carbons (Fsp3) is 0.951. The Morgan fingerprint density at radius 1 is 0.254 bits per heavy atom. The van der Waals surface area contributed by atoms with Crippen LogP contribution in [-0.2, 0) is 28.6 Å². The van der Waals surface area contributed by atoms with Gasteiger partial charge in [0, 0.05) is 19.3 Å². The molecule has 0 rings (SSSR count). The van der Waals surface area contributed by atoms with Gasteiger partial charge in [-0.2, -0.15) is 0 Å². The van der Waals surface area contributed by atoms with Crippen LogP contribution in [0, 0.1) is 17.8 Å². The summed E-state index contributed by atoms with van der Waals surface area (Å²) in [7, 11) is 0. The van der Waals surface area contributed by atoms with Crippen molar-refractivity contribution in [2.75, 3.05) is 13.2 Å². The zero-order valence-electron chi connectivity index (χ0n) is 46.2. The average Bonchev–Trinajstić information content (AvgIpc) is 3.29. The molecule has 0 aliphatic carbocycles. The third-order valence-electron chi connectivity index (χ3n) is 13.9. The number of hydrogen-bond donors (Lipinski definition) is 0. The first-order valence-corrected chi connectivity index (χ1v) is 30.1. The molecule has 6 nitrogen and oxygen atoms in total. The molecule has 0 aliphatic heterocycles. The van der Waals surface area contributed by atoms with Gasteiger partial charge in [-0.3, -0.25) is 14.4 Å². The average molecular weight is 948 g/mol. The highest BCUT2D eigenvalue weighted by Crippen LogP contribution is 2.19. The fourth-order valence-electron chi connectivity index (χ4n) is 9.35. The van der Waals surface area contributed by atoms with Gasteiger partial charge in [0.25, 0.3) is 0 Å². The zero-order valence-corrected chi connectivity index (χ0v) is 46.2. The Balaban J connectivity index is 4.30. The van der Waals surface area contributed by atoms with E-state index in [0.717, 1.165) is 75.5 Å². The number of carbonyl (C=O) groups is 3. The Bertz CT molecular complexity index is 1040. The van der Waals surface area contributed by atoms with Crippen molar-refractivity contribution in [1.29, 1.82) is 0 Å². The van der Waals surface area contributed by atoms with Gasteiger partial charge < -0.3 is 14.2 Å². The van der Waals surface area contributed by atoms with Crippen molar-refractivity contribution in [2.45, 2.75) is 343 Å². The maximum atomic E-state index is 12.9. The lowest BCUT2D eigenvalue weighted by atomic mass is 10.0. The van der Waals surface area contributed by atoms with Crippen molar-refractivity contribution in [2.24, 2.45) is 17.8 Å². The molecule has 0 N–H and O–H groups in total. The third-order valence-corrected chi connectivity index (χ3v) is 13.9. The Labute approximate surface area is 418 Å². The third kappa shape index (κ3) is 55.2. The number of carbonyl (C=O) groups excluding carboxylic acids is 3. The lowest BCUT2D eigenvalue weighted by molar-refractivity contribution is -0.167. The van der Waals surface area contributed by atoms with E-state index in [0.29, 0.717) is 19.3 Å². The molecule has 67 heavy (non-hydrogen) atoms. The summed E-state index contributed by atoms with van der Waals surface area (Å²) in [5, 5.41) is 0. The van der Waals surface area contributed by atoms with Crippen molar-refractivity contribution in [1.82, 2.24) is 0 Å². The lowest BCUT2D eigenvalue weighted by Crippen LogP contribution is -2.30. The van der Waals surface area contributed by atoms with E-state index in [2.05, 4.69) is 41.5 Å². The van der Waals surface area contributed by atoms with Crippen LogP contribution in [0.3, 0.4) is 0 Å². The molecule has 0 bridgehead atoms. The van der Waals surface area contributed by atoms with Crippen molar-refractivity contribution < 1.29 is 28.6 Å². The Kier molecular flexibility index (Phi) is 51.0. The van der Waals surface area contributed by atoms with E-state index >= 15 is 0 Å². The van der Waals surface area contributed by atoms with Crippen LogP contribution in [0.4, 0.5) is 0 Å². The van der Waals surface area contributed by atoms with Crippen LogP contribution in [0.25, 0.3) is 0 Å². The Morgan fingerprint density at radius 3 is 0.642 bits per heavy atom. The topological polar surface area (TPSA) is 78.9 Å². The van der Waals surface area contributed by atoms with Crippen LogP contribution in [0.1, 0.15) is 337 Å². The second kappa shape index (κ2) is 52.2. The maximum Gasteiger partial charge on any atom is 0.306 e. The molecule has 1 atom stereocenters. The SMILES string of the molecule is CC(C)CCCCCCCCCCCCCCCCCC(=O)O[C@@H](COC(=O)CCCCCCCCCCCCCCCC(C)C)COC(=O)CCCCCCCCCCCCCCC(C)C. The highest BCUT2D eigenvalue weighted by Gasteiger charge is 2.19. The van der Waals surface area contributed by atoms with E-state index in [-0.39, 0.29) is 31.1 Å². The summed E-state index contributed by atoms with van der Waals surface area (Å²) in [6, 6.07) is 0. The van der Waals surface area contributed by atoms with E-state index in [1.807, 2.05) is 0 Å². The normalized spacial score (nSPS) is 12.1. The second-order valence-electron chi connectivity index (χ2n) is 22.4. The molecule has 398 valence electrons. The molecule has 0 aromatic rings. The maximum absolute atomic E-state index is 12.9. The molecule has 0 aromatic carbocycles. The molecule has 0 unspecified atom stereocenters. The van der Waals surface area contributed by atoms with Gasteiger partial charge in [0.1, 0.15) is 13.2 Å². The van der Waals surface area contributed by atoms with Crippen molar-refractivity contribution >= 4 is 17.9 Å². The predicted octanol–water partition coefficient (Wildman–Crippen LogP) is 19.9. The number of rotatable bonds is 54. The highest BCUT2D eigenvalue weighted by atomic mass is 16.6. The molecule has 0 radical (unpaired) electrons. The first-order chi connectivity index (χ1) is 32.6. The van der Waals surface area contributed by atoms with E-state index in [1.54, 1.807) is 0 Å². The summed E-state index contributed by atoms with van der Waals surface area (Å²) >= 11 is 0. The molecular formula is C61H118O6. The van der Waals surface area contributed by atoms with Gasteiger partial charge in [-0.25, -0.2) is 0 Å². The molecule has 0 aromatic heterocycles. The first kappa shape index (κ1) is 65.4. The minimum Gasteiger partial charge on any atom is -0.462 e. The zero-order chi connectivity index (χ0) is 49.1. The van der Waals surface area contributed by atoms with Crippen molar-refractivity contribution in [3.8, 4) is 0 Å². The number of esters is 3. The van der Waals surface area contributed by atoms with Crippen molar-refractivity contribution in [3.63, 3.8) is 0 Å². The van der Waals surface area contributed by atoms with Crippen LogP contribution in [0.15, 0.2) is 0 Å². The van der Waals surface area contributed by atoms with Gasteiger partial charge in [0.15, 0.2) is 6.10 Å². The number of hydrogen-bond acceptors (Lipinski definition) is 6. The van der Waals surface area contributed by atoms with Crippen LogP contribution >= 0.6 is 0 Å². The number of ether oxygens (including phenoxy) is 3. The summed E-state index contributed by atoms with van der Waals surface area (Å²) in [5.41, 5.74) is 0. The molecule has 0 spiro atoms. The van der Waals surface area contributed by atoms with E-state index in [9.17, 15) is 14.4 Å². The molecule has 0 saturated heterocycles. The summed E-state index contributed by atoms with van der Waals surface area (Å²) in [6.45, 7) is 13.8. The van der Waals surface area contributed by atoms with Gasteiger partial charge in [0.2, 0.25) is 0 Å².